The van der Waals surface area contributed by atoms with Gasteiger partial charge in [0, 0.05) is 0 Å². The lowest BCUT2D eigenvalue weighted by atomic mass is 10.0. The lowest BCUT2D eigenvalue weighted by molar-refractivity contribution is -0.127. The number of nitrogens with one attached hydrogen (secondary N) is 2. The fourth-order valence-electron chi connectivity index (χ4n) is 2.54. The normalized spacial score (nSPS) is 22.5. The summed E-state index contributed by atoms with van der Waals surface area (Å²) in [6.07, 6.45) is -0.215. The van der Waals surface area contributed by atoms with Gasteiger partial charge in [0.2, 0.25) is 15.9 Å². The van der Waals surface area contributed by atoms with Crippen LogP contribution < -0.4 is 10.0 Å². The highest BCUT2D eigenvalue weighted by Gasteiger charge is 2.32. The van der Waals surface area contributed by atoms with Crippen molar-refractivity contribution in [3.63, 3.8) is 0 Å². The molecule has 0 bridgehead atoms. The number of amides is 1. The maximum Gasteiger partial charge on any atom is 0.241 e. The molecule has 1 fully saturated rings. The number of aliphatic hydroxyl groups excluding tert-OH is 1. The van der Waals surface area contributed by atoms with E-state index in [1.54, 1.807) is 18.2 Å². The summed E-state index contributed by atoms with van der Waals surface area (Å²) in [7, 11) is -3.80. The molecule has 0 radical (unpaired) electrons. The van der Waals surface area contributed by atoms with Crippen LogP contribution in [-0.4, -0.2) is 44.4 Å². The van der Waals surface area contributed by atoms with Crippen LogP contribution in [0.2, 0.25) is 0 Å². The molecule has 24 heavy (non-hydrogen) atoms. The van der Waals surface area contributed by atoms with Crippen LogP contribution in [0.4, 0.5) is 0 Å². The average Bonchev–Trinajstić information content (AvgIpc) is 2.92. The zero-order valence-electron chi connectivity index (χ0n) is 13.8. The number of carbonyl (C=O) groups excluding carboxylic acids is 1. The van der Waals surface area contributed by atoms with Gasteiger partial charge in [0.1, 0.15) is 6.04 Å². The van der Waals surface area contributed by atoms with Crippen molar-refractivity contribution >= 4 is 15.9 Å². The van der Waals surface area contributed by atoms with Gasteiger partial charge in [-0.2, -0.15) is 4.72 Å². The van der Waals surface area contributed by atoms with Crippen LogP contribution in [0.15, 0.2) is 35.2 Å². The number of rotatable bonds is 7. The summed E-state index contributed by atoms with van der Waals surface area (Å²) in [4.78, 5) is 12.6. The smallest absolute Gasteiger partial charge is 0.241 e. The van der Waals surface area contributed by atoms with E-state index in [0.717, 1.165) is 0 Å². The molecule has 0 saturated carbocycles. The summed E-state index contributed by atoms with van der Waals surface area (Å²) in [5.41, 5.74) is 0. The largest absolute Gasteiger partial charge is 0.366 e. The van der Waals surface area contributed by atoms with E-state index in [1.807, 2.05) is 13.8 Å². The average molecular weight is 356 g/mol. The molecule has 7 nitrogen and oxygen atoms in total. The van der Waals surface area contributed by atoms with Crippen LogP contribution in [0.5, 0.6) is 0 Å². The number of aliphatic hydroxyl groups is 1. The van der Waals surface area contributed by atoms with Gasteiger partial charge in [0.15, 0.2) is 6.29 Å². The number of carbonyl (C=O) groups is 1. The van der Waals surface area contributed by atoms with Crippen molar-refractivity contribution < 1.29 is 23.1 Å². The molecule has 134 valence electrons. The maximum atomic E-state index is 12.5. The van der Waals surface area contributed by atoms with Crippen molar-refractivity contribution in [2.75, 3.05) is 6.61 Å². The van der Waals surface area contributed by atoms with Crippen LogP contribution >= 0.6 is 0 Å². The summed E-state index contributed by atoms with van der Waals surface area (Å²) in [5.74, 6) is -0.346. The third-order valence-electron chi connectivity index (χ3n) is 3.76. The van der Waals surface area contributed by atoms with Crippen LogP contribution in [0.1, 0.15) is 26.7 Å². The zero-order chi connectivity index (χ0) is 17.7. The topological polar surface area (TPSA) is 105 Å². The van der Waals surface area contributed by atoms with E-state index in [0.29, 0.717) is 19.4 Å². The minimum atomic E-state index is -3.80. The molecule has 1 amide bonds. The highest BCUT2D eigenvalue weighted by Crippen LogP contribution is 2.14. The summed E-state index contributed by atoms with van der Waals surface area (Å²) in [5, 5.41) is 12.3. The van der Waals surface area contributed by atoms with E-state index in [9.17, 15) is 18.3 Å². The quantitative estimate of drug-likeness (QED) is 0.664. The Bertz CT molecular complexity index is 648. The molecule has 0 aromatic heterocycles. The van der Waals surface area contributed by atoms with Crippen molar-refractivity contribution in [3.05, 3.63) is 30.3 Å². The van der Waals surface area contributed by atoms with Gasteiger partial charge in [-0.25, -0.2) is 8.42 Å². The molecule has 3 N–H and O–H groups in total. The Balaban J connectivity index is 2.11. The third-order valence-corrected chi connectivity index (χ3v) is 5.25. The van der Waals surface area contributed by atoms with E-state index >= 15 is 0 Å². The van der Waals surface area contributed by atoms with Crippen molar-refractivity contribution in [2.24, 2.45) is 5.92 Å². The maximum absolute atomic E-state index is 12.5. The van der Waals surface area contributed by atoms with Gasteiger partial charge in [-0.3, -0.25) is 4.79 Å². The Labute approximate surface area is 142 Å². The molecule has 1 heterocycles. The first-order valence-corrected chi connectivity index (χ1v) is 9.45. The molecule has 0 aliphatic carbocycles. The third kappa shape index (κ3) is 5.01. The molecule has 1 aromatic carbocycles. The molecule has 2 unspecified atom stereocenters. The van der Waals surface area contributed by atoms with Gasteiger partial charge in [0.05, 0.1) is 17.5 Å². The summed E-state index contributed by atoms with van der Waals surface area (Å²) >= 11 is 0. The minimum absolute atomic E-state index is 0.107. The molecule has 3 atom stereocenters. The van der Waals surface area contributed by atoms with Gasteiger partial charge in [-0.15, -0.1) is 0 Å². The van der Waals surface area contributed by atoms with Gasteiger partial charge >= 0.3 is 0 Å². The molecule has 1 aliphatic heterocycles. The highest BCUT2D eigenvalue weighted by molar-refractivity contribution is 7.89. The van der Waals surface area contributed by atoms with Crippen LogP contribution in [-0.2, 0) is 19.6 Å². The van der Waals surface area contributed by atoms with Crippen molar-refractivity contribution in [3.8, 4) is 0 Å². The Kier molecular flexibility index (Phi) is 6.34. The molecular formula is C16H24N2O5S. The minimum Gasteiger partial charge on any atom is -0.366 e. The van der Waals surface area contributed by atoms with Gasteiger partial charge in [0.25, 0.3) is 0 Å². The van der Waals surface area contributed by atoms with Gasteiger partial charge in [-0.05, 0) is 30.9 Å². The van der Waals surface area contributed by atoms with Gasteiger partial charge in [-0.1, -0.05) is 32.0 Å². The lowest BCUT2D eigenvalue weighted by Gasteiger charge is -2.23. The lowest BCUT2D eigenvalue weighted by Crippen LogP contribution is -2.51. The monoisotopic (exact) mass is 356 g/mol. The predicted octanol–water partition coefficient (Wildman–Crippen LogP) is 0.603. The summed E-state index contributed by atoms with van der Waals surface area (Å²) < 4.78 is 32.4. The molecule has 1 aliphatic rings. The van der Waals surface area contributed by atoms with E-state index in [4.69, 9.17) is 4.74 Å². The van der Waals surface area contributed by atoms with Gasteiger partial charge < -0.3 is 15.2 Å². The van der Waals surface area contributed by atoms with Crippen molar-refractivity contribution in [1.82, 2.24) is 10.0 Å². The summed E-state index contributed by atoms with van der Waals surface area (Å²) in [6, 6.07) is 6.48. The Morgan fingerprint density at radius 3 is 2.54 bits per heavy atom. The first-order valence-electron chi connectivity index (χ1n) is 7.97. The van der Waals surface area contributed by atoms with Crippen LogP contribution in [0, 0.1) is 5.92 Å². The number of sulfonamides is 1. The second-order valence-electron chi connectivity index (χ2n) is 6.28. The Morgan fingerprint density at radius 2 is 2.00 bits per heavy atom. The first-order chi connectivity index (χ1) is 11.3. The standard InChI is InChI=1S/C16H24N2O5S/c1-11(2)10-14(15(19)17-13-8-9-23-16(13)20)18-24(21,22)12-6-4-3-5-7-12/h3-7,11,13-14,16,18,20H,8-10H2,1-2H3,(H,17,19)/t13?,14-,16?/m0/s1. The fraction of sp³-hybridized carbons (Fsp3) is 0.562. The first kappa shape index (κ1) is 18.9. The Hall–Kier alpha value is -1.48. The molecule has 1 aromatic rings. The summed E-state index contributed by atoms with van der Waals surface area (Å²) in [6.45, 7) is 4.17. The van der Waals surface area contributed by atoms with Crippen molar-refractivity contribution in [1.29, 1.82) is 0 Å². The van der Waals surface area contributed by atoms with Crippen LogP contribution in [0.25, 0.3) is 0 Å². The second kappa shape index (κ2) is 8.06. The number of benzene rings is 1. The molecule has 1 saturated heterocycles. The zero-order valence-corrected chi connectivity index (χ0v) is 14.6. The number of hydrogen-bond donors (Lipinski definition) is 3. The number of ether oxygens (including phenoxy) is 1. The van der Waals surface area contributed by atoms with E-state index in [1.165, 1.54) is 12.1 Å². The molecule has 0 spiro atoms. The van der Waals surface area contributed by atoms with E-state index < -0.39 is 34.3 Å². The second-order valence-corrected chi connectivity index (χ2v) is 8.00. The molecule has 2 rings (SSSR count). The van der Waals surface area contributed by atoms with E-state index in [2.05, 4.69) is 10.0 Å². The predicted molar refractivity (Wildman–Crippen MR) is 88.5 cm³/mol. The SMILES string of the molecule is CC(C)C[C@H](NS(=O)(=O)c1ccccc1)C(=O)NC1CCOC1O. The Morgan fingerprint density at radius 1 is 1.33 bits per heavy atom. The molecule has 8 heteroatoms. The molecular weight excluding hydrogens is 332 g/mol. The van der Waals surface area contributed by atoms with Crippen LogP contribution in [0.3, 0.4) is 0 Å². The van der Waals surface area contributed by atoms with Crippen molar-refractivity contribution in [2.45, 2.75) is 50.0 Å². The highest BCUT2D eigenvalue weighted by atomic mass is 32.2. The fourth-order valence-corrected chi connectivity index (χ4v) is 3.77. The van der Waals surface area contributed by atoms with E-state index in [-0.39, 0.29) is 10.8 Å². The number of hydrogen-bond acceptors (Lipinski definition) is 5.